The van der Waals surface area contributed by atoms with Crippen LogP contribution in [0.3, 0.4) is 0 Å². The predicted molar refractivity (Wildman–Crippen MR) is 88.5 cm³/mol. The quantitative estimate of drug-likeness (QED) is 0.779. The minimum Gasteiger partial charge on any atom is -0.298 e. The number of halogens is 1. The van der Waals surface area contributed by atoms with Gasteiger partial charge in [0.25, 0.3) is 0 Å². The fraction of sp³-hybridized carbons (Fsp3) is 0.278. The monoisotopic (exact) mass is 343 g/mol. The van der Waals surface area contributed by atoms with Crippen molar-refractivity contribution in [2.75, 3.05) is 13.1 Å². The third-order valence-corrected chi connectivity index (χ3v) is 4.50. The van der Waals surface area contributed by atoms with Crippen molar-refractivity contribution in [1.29, 1.82) is 0 Å². The second-order valence-corrected chi connectivity index (χ2v) is 6.39. The van der Waals surface area contributed by atoms with E-state index < -0.39 is 0 Å². The van der Waals surface area contributed by atoms with Crippen LogP contribution in [0, 0.1) is 0 Å². The number of nitrogens with zero attached hydrogens (tertiary/aromatic N) is 1. The van der Waals surface area contributed by atoms with Gasteiger partial charge in [-0.05, 0) is 29.7 Å². The maximum atomic E-state index is 12.2. The van der Waals surface area contributed by atoms with E-state index in [1.165, 1.54) is 11.1 Å². The second-order valence-electron chi connectivity index (χ2n) is 5.48. The number of ketones is 1. The summed E-state index contributed by atoms with van der Waals surface area (Å²) in [4.78, 5) is 14.6. The topological polar surface area (TPSA) is 20.3 Å². The van der Waals surface area contributed by atoms with Crippen LogP contribution < -0.4 is 0 Å². The van der Waals surface area contributed by atoms with Crippen LogP contribution in [0.15, 0.2) is 53.0 Å². The number of rotatable bonds is 4. The molecule has 0 unspecified atom stereocenters. The van der Waals surface area contributed by atoms with Gasteiger partial charge in [-0.3, -0.25) is 9.69 Å². The highest BCUT2D eigenvalue weighted by atomic mass is 79.9. The van der Waals surface area contributed by atoms with E-state index in [0.29, 0.717) is 6.42 Å². The molecule has 2 aromatic carbocycles. The molecule has 0 bridgehead atoms. The molecule has 0 saturated heterocycles. The summed E-state index contributed by atoms with van der Waals surface area (Å²) in [6, 6.07) is 16.2. The maximum Gasteiger partial charge on any atom is 0.164 e. The molecule has 0 fully saturated rings. The number of benzene rings is 2. The van der Waals surface area contributed by atoms with E-state index in [-0.39, 0.29) is 5.78 Å². The summed E-state index contributed by atoms with van der Waals surface area (Å²) >= 11 is 3.41. The molecular formula is C18H18BrNO. The van der Waals surface area contributed by atoms with Crippen molar-refractivity contribution in [3.8, 4) is 0 Å². The molecule has 0 radical (unpaired) electrons. The summed E-state index contributed by atoms with van der Waals surface area (Å²) in [5.41, 5.74) is 3.65. The van der Waals surface area contributed by atoms with Crippen LogP contribution in [0.25, 0.3) is 0 Å². The maximum absolute atomic E-state index is 12.2. The van der Waals surface area contributed by atoms with Crippen LogP contribution >= 0.6 is 15.9 Å². The largest absolute Gasteiger partial charge is 0.298 e. The van der Waals surface area contributed by atoms with E-state index in [0.717, 1.165) is 36.1 Å². The minimum absolute atomic E-state index is 0.218. The van der Waals surface area contributed by atoms with Gasteiger partial charge in [0.2, 0.25) is 0 Å². The van der Waals surface area contributed by atoms with Gasteiger partial charge >= 0.3 is 0 Å². The van der Waals surface area contributed by atoms with Crippen molar-refractivity contribution >= 4 is 21.7 Å². The van der Waals surface area contributed by atoms with Gasteiger partial charge < -0.3 is 0 Å². The van der Waals surface area contributed by atoms with Crippen LogP contribution in [-0.2, 0) is 13.0 Å². The molecule has 0 N–H and O–H groups in total. The van der Waals surface area contributed by atoms with E-state index >= 15 is 0 Å². The van der Waals surface area contributed by atoms with Gasteiger partial charge in [0, 0.05) is 36.1 Å². The number of carbonyl (C=O) groups is 1. The van der Waals surface area contributed by atoms with Crippen LogP contribution in [0.2, 0.25) is 0 Å². The van der Waals surface area contributed by atoms with E-state index in [1.54, 1.807) is 0 Å². The Kier molecular flexibility index (Phi) is 4.51. The number of hydrogen-bond donors (Lipinski definition) is 0. The normalized spacial score (nSPS) is 14.7. The Morgan fingerprint density at radius 2 is 1.90 bits per heavy atom. The Morgan fingerprint density at radius 1 is 1.10 bits per heavy atom. The molecule has 0 spiro atoms. The van der Waals surface area contributed by atoms with Gasteiger partial charge in [-0.2, -0.15) is 0 Å². The number of hydrogen-bond acceptors (Lipinski definition) is 2. The minimum atomic E-state index is 0.218. The van der Waals surface area contributed by atoms with Crippen LogP contribution in [0.1, 0.15) is 27.9 Å². The van der Waals surface area contributed by atoms with Crippen molar-refractivity contribution in [2.24, 2.45) is 0 Å². The van der Waals surface area contributed by atoms with E-state index in [4.69, 9.17) is 0 Å². The van der Waals surface area contributed by atoms with E-state index in [9.17, 15) is 4.79 Å². The van der Waals surface area contributed by atoms with Crippen molar-refractivity contribution < 1.29 is 4.79 Å². The molecule has 21 heavy (non-hydrogen) atoms. The Balaban J connectivity index is 1.58. The third kappa shape index (κ3) is 3.60. The van der Waals surface area contributed by atoms with Gasteiger partial charge in [0.05, 0.1) is 0 Å². The molecule has 1 heterocycles. The zero-order chi connectivity index (χ0) is 14.7. The molecule has 0 aromatic heterocycles. The van der Waals surface area contributed by atoms with E-state index in [2.05, 4.69) is 45.1 Å². The average Bonchev–Trinajstić information content (AvgIpc) is 2.52. The third-order valence-electron chi connectivity index (χ3n) is 4.01. The predicted octanol–water partition coefficient (Wildman–Crippen LogP) is 4.08. The average molecular weight is 344 g/mol. The molecule has 1 aliphatic rings. The van der Waals surface area contributed by atoms with Crippen LogP contribution in [0.5, 0.6) is 0 Å². The molecule has 1 aliphatic heterocycles. The molecule has 0 saturated carbocycles. The lowest BCUT2D eigenvalue weighted by Gasteiger charge is -2.28. The molecule has 3 rings (SSSR count). The van der Waals surface area contributed by atoms with Crippen molar-refractivity contribution in [3.05, 3.63) is 69.7 Å². The summed E-state index contributed by atoms with van der Waals surface area (Å²) in [5.74, 6) is 0.218. The highest BCUT2D eigenvalue weighted by molar-refractivity contribution is 9.10. The number of carbonyl (C=O) groups excluding carboxylic acids is 1. The standard InChI is InChI=1S/C18H18BrNO/c19-17-7-3-6-15(12-17)18(21)9-11-20-10-8-14-4-1-2-5-16(14)13-20/h1-7,12H,8-11,13H2. The lowest BCUT2D eigenvalue weighted by atomic mass is 9.99. The van der Waals surface area contributed by atoms with Crippen molar-refractivity contribution in [2.45, 2.75) is 19.4 Å². The van der Waals surface area contributed by atoms with Crippen molar-refractivity contribution in [1.82, 2.24) is 4.90 Å². The fourth-order valence-electron chi connectivity index (χ4n) is 2.81. The zero-order valence-electron chi connectivity index (χ0n) is 11.9. The summed E-state index contributed by atoms with van der Waals surface area (Å²) < 4.78 is 0.959. The van der Waals surface area contributed by atoms with Crippen LogP contribution in [-0.4, -0.2) is 23.8 Å². The summed E-state index contributed by atoms with van der Waals surface area (Å²) in [6.07, 6.45) is 1.67. The van der Waals surface area contributed by atoms with Gasteiger partial charge in [-0.1, -0.05) is 52.3 Å². The smallest absolute Gasteiger partial charge is 0.164 e. The van der Waals surface area contributed by atoms with Crippen LogP contribution in [0.4, 0.5) is 0 Å². The number of fused-ring (bicyclic) bond motifs is 1. The molecule has 2 aromatic rings. The molecule has 0 amide bonds. The Morgan fingerprint density at radius 3 is 2.71 bits per heavy atom. The summed E-state index contributed by atoms with van der Waals surface area (Å²) in [7, 11) is 0. The van der Waals surface area contributed by atoms with Crippen molar-refractivity contribution in [3.63, 3.8) is 0 Å². The summed E-state index contributed by atoms with van der Waals surface area (Å²) in [6.45, 7) is 2.84. The molecule has 0 aliphatic carbocycles. The first kappa shape index (κ1) is 14.5. The van der Waals surface area contributed by atoms with Gasteiger partial charge in [0.1, 0.15) is 0 Å². The van der Waals surface area contributed by atoms with E-state index in [1.807, 2.05) is 24.3 Å². The lowest BCUT2D eigenvalue weighted by molar-refractivity contribution is 0.0960. The Hall–Kier alpha value is -1.45. The van der Waals surface area contributed by atoms with Gasteiger partial charge in [0.15, 0.2) is 5.78 Å². The fourth-order valence-corrected chi connectivity index (χ4v) is 3.21. The molecule has 3 heteroatoms. The zero-order valence-corrected chi connectivity index (χ0v) is 13.5. The van der Waals surface area contributed by atoms with Gasteiger partial charge in [-0.15, -0.1) is 0 Å². The molecule has 0 atom stereocenters. The SMILES string of the molecule is O=C(CCN1CCc2ccccc2C1)c1cccc(Br)c1. The van der Waals surface area contributed by atoms with Gasteiger partial charge in [-0.25, -0.2) is 0 Å². The first-order valence-electron chi connectivity index (χ1n) is 7.30. The molecule has 2 nitrogen and oxygen atoms in total. The highest BCUT2D eigenvalue weighted by Crippen LogP contribution is 2.19. The first-order valence-corrected chi connectivity index (χ1v) is 8.09. The highest BCUT2D eigenvalue weighted by Gasteiger charge is 2.16. The molecular weight excluding hydrogens is 326 g/mol. The Labute approximate surface area is 133 Å². The Bertz CT molecular complexity index is 653. The first-order chi connectivity index (χ1) is 10.2. The molecule has 108 valence electrons. The summed E-state index contributed by atoms with van der Waals surface area (Å²) in [5, 5.41) is 0. The lowest BCUT2D eigenvalue weighted by Crippen LogP contribution is -2.32. The second kappa shape index (κ2) is 6.54. The number of Topliss-reactive ketones (excluding diaryl/α,β-unsaturated/α-hetero) is 1.